The van der Waals surface area contributed by atoms with Gasteiger partial charge in [-0.05, 0) is 68.8 Å². The lowest BCUT2D eigenvalue weighted by Gasteiger charge is -2.26. The maximum absolute atomic E-state index is 14.1. The van der Waals surface area contributed by atoms with E-state index in [0.717, 1.165) is 32.5 Å². The molecular formula is C32H36N4O7S. The number of sulfonamides is 1. The number of hydrogen-bond donors (Lipinski definition) is 1. The van der Waals surface area contributed by atoms with E-state index in [1.165, 1.54) is 58.9 Å². The van der Waals surface area contributed by atoms with Crippen LogP contribution < -0.4 is 28.7 Å². The molecule has 4 rings (SSSR count). The van der Waals surface area contributed by atoms with Crippen molar-refractivity contribution in [1.82, 2.24) is 9.99 Å². The van der Waals surface area contributed by atoms with Crippen LogP contribution in [0.2, 0.25) is 0 Å². The van der Waals surface area contributed by atoms with Crippen LogP contribution in [0.15, 0.2) is 76.7 Å². The summed E-state index contributed by atoms with van der Waals surface area (Å²) in [6.45, 7) is 5.37. The number of aryl methyl sites for hydroxylation is 2. The highest BCUT2D eigenvalue weighted by Gasteiger charge is 2.31. The van der Waals surface area contributed by atoms with Crippen LogP contribution in [-0.2, 0) is 14.8 Å². The van der Waals surface area contributed by atoms with Crippen molar-refractivity contribution in [2.24, 2.45) is 5.10 Å². The van der Waals surface area contributed by atoms with Gasteiger partial charge in [0.25, 0.3) is 15.9 Å². The number of benzene rings is 3. The first kappa shape index (κ1) is 32.0. The molecule has 12 heteroatoms. The number of rotatable bonds is 12. The fourth-order valence-electron chi connectivity index (χ4n) is 4.82. The second-order valence-corrected chi connectivity index (χ2v) is 11.7. The summed E-state index contributed by atoms with van der Waals surface area (Å²) in [5.74, 6) is 0.474. The molecule has 0 spiro atoms. The number of anilines is 1. The molecule has 1 aromatic heterocycles. The van der Waals surface area contributed by atoms with E-state index in [2.05, 4.69) is 21.2 Å². The predicted octanol–water partition coefficient (Wildman–Crippen LogP) is 4.78. The Labute approximate surface area is 257 Å². The average molecular weight is 621 g/mol. The number of carbonyl (C=O) groups excluding carboxylic acids is 1. The molecule has 0 radical (unpaired) electrons. The number of hydrazone groups is 1. The number of aromatic nitrogens is 1. The number of hydrogen-bond acceptors (Lipinski definition) is 8. The van der Waals surface area contributed by atoms with Gasteiger partial charge in [-0.1, -0.05) is 12.1 Å². The van der Waals surface area contributed by atoms with Crippen molar-refractivity contribution in [3.8, 4) is 28.7 Å². The summed E-state index contributed by atoms with van der Waals surface area (Å²) in [6.07, 6.45) is 1.53. The molecule has 4 aromatic rings. The van der Waals surface area contributed by atoms with E-state index in [9.17, 15) is 13.2 Å². The fraction of sp³-hybridized carbons (Fsp3) is 0.250. The van der Waals surface area contributed by atoms with Crippen LogP contribution in [0.5, 0.6) is 23.0 Å². The van der Waals surface area contributed by atoms with E-state index in [0.29, 0.717) is 11.5 Å². The lowest BCUT2D eigenvalue weighted by atomic mass is 10.2. The van der Waals surface area contributed by atoms with Gasteiger partial charge >= 0.3 is 0 Å². The summed E-state index contributed by atoms with van der Waals surface area (Å²) < 4.78 is 52.5. The van der Waals surface area contributed by atoms with Crippen molar-refractivity contribution in [2.75, 3.05) is 39.3 Å². The highest BCUT2D eigenvalue weighted by Crippen LogP contribution is 2.37. The average Bonchev–Trinajstić information content (AvgIpc) is 3.30. The molecule has 0 bridgehead atoms. The molecule has 0 atom stereocenters. The molecule has 0 aliphatic carbocycles. The number of ether oxygens (including phenoxy) is 4. The fourth-order valence-corrected chi connectivity index (χ4v) is 6.26. The van der Waals surface area contributed by atoms with Crippen LogP contribution in [0.3, 0.4) is 0 Å². The third-order valence-corrected chi connectivity index (χ3v) is 8.76. The lowest BCUT2D eigenvalue weighted by Crippen LogP contribution is -2.39. The molecule has 3 aromatic carbocycles. The van der Waals surface area contributed by atoms with Gasteiger partial charge in [0, 0.05) is 34.8 Å². The van der Waals surface area contributed by atoms with E-state index in [-0.39, 0.29) is 22.1 Å². The highest BCUT2D eigenvalue weighted by atomic mass is 32.2. The summed E-state index contributed by atoms with van der Waals surface area (Å²) in [4.78, 5) is 13.1. The van der Waals surface area contributed by atoms with Crippen molar-refractivity contribution < 1.29 is 32.2 Å². The van der Waals surface area contributed by atoms with Crippen molar-refractivity contribution in [2.45, 2.75) is 25.7 Å². The van der Waals surface area contributed by atoms with Gasteiger partial charge in [0.2, 0.25) is 0 Å². The number of nitrogens with one attached hydrogen (secondary N) is 1. The van der Waals surface area contributed by atoms with Gasteiger partial charge in [-0.3, -0.25) is 9.10 Å². The Morgan fingerprint density at radius 3 is 2.23 bits per heavy atom. The third kappa shape index (κ3) is 6.65. The van der Waals surface area contributed by atoms with Gasteiger partial charge in [-0.2, -0.15) is 5.10 Å². The predicted molar refractivity (Wildman–Crippen MR) is 169 cm³/mol. The number of carbonyl (C=O) groups is 1. The monoisotopic (exact) mass is 620 g/mol. The molecule has 0 aliphatic heterocycles. The Morgan fingerprint density at radius 1 is 0.864 bits per heavy atom. The highest BCUT2D eigenvalue weighted by molar-refractivity contribution is 7.92. The van der Waals surface area contributed by atoms with Gasteiger partial charge in [-0.25, -0.2) is 13.8 Å². The van der Waals surface area contributed by atoms with Crippen LogP contribution in [0.25, 0.3) is 5.69 Å². The van der Waals surface area contributed by atoms with Crippen LogP contribution in [0.1, 0.15) is 22.5 Å². The standard InChI is InChI=1S/C32H36N4O7S/c1-21-9-8-10-25(15-21)36-22(2)16-24(23(36)3)19-33-34-32(37)20-35(28-17-26(40-4)11-13-29(28)41-5)44(38,39)27-12-14-30(42-6)31(18-27)43-7/h8-19H,20H2,1-7H3,(H,34,37)/b33-19-. The Kier molecular flexibility index (Phi) is 9.84. The van der Waals surface area contributed by atoms with Crippen molar-refractivity contribution in [1.29, 1.82) is 0 Å². The summed E-state index contributed by atoms with van der Waals surface area (Å²) in [7, 11) is 1.38. The molecular weight excluding hydrogens is 584 g/mol. The first-order valence-electron chi connectivity index (χ1n) is 13.6. The largest absolute Gasteiger partial charge is 0.497 e. The molecule has 1 N–H and O–H groups in total. The van der Waals surface area contributed by atoms with Crippen LogP contribution in [0, 0.1) is 20.8 Å². The molecule has 44 heavy (non-hydrogen) atoms. The van der Waals surface area contributed by atoms with E-state index in [4.69, 9.17) is 18.9 Å². The summed E-state index contributed by atoms with van der Waals surface area (Å²) in [6, 6.07) is 18.9. The minimum absolute atomic E-state index is 0.0995. The molecule has 11 nitrogen and oxygen atoms in total. The van der Waals surface area contributed by atoms with Gasteiger partial charge in [-0.15, -0.1) is 0 Å². The van der Waals surface area contributed by atoms with Crippen molar-refractivity contribution in [3.05, 3.63) is 89.2 Å². The number of methoxy groups -OCH3 is 4. The Hall–Kier alpha value is -4.97. The van der Waals surface area contributed by atoms with Gasteiger partial charge < -0.3 is 23.5 Å². The SMILES string of the molecule is COc1ccc(OC)c(N(CC(=O)N/N=C\c2cc(C)n(-c3cccc(C)c3)c2C)S(=O)(=O)c2ccc(OC)c(OC)c2)c1. The minimum atomic E-state index is -4.34. The van der Waals surface area contributed by atoms with Crippen LogP contribution in [0.4, 0.5) is 5.69 Å². The third-order valence-electron chi connectivity index (χ3n) is 7.01. The Morgan fingerprint density at radius 2 is 1.57 bits per heavy atom. The van der Waals surface area contributed by atoms with E-state index in [1.54, 1.807) is 12.1 Å². The number of amides is 1. The first-order valence-corrected chi connectivity index (χ1v) is 15.0. The molecule has 0 aliphatic rings. The van der Waals surface area contributed by atoms with Crippen LogP contribution in [-0.4, -0.2) is 60.1 Å². The maximum atomic E-state index is 14.1. The van der Waals surface area contributed by atoms with E-state index < -0.39 is 22.5 Å². The molecule has 0 unspecified atom stereocenters. The lowest BCUT2D eigenvalue weighted by molar-refractivity contribution is -0.119. The minimum Gasteiger partial charge on any atom is -0.497 e. The maximum Gasteiger partial charge on any atom is 0.265 e. The summed E-state index contributed by atoms with van der Waals surface area (Å²) >= 11 is 0. The molecule has 1 amide bonds. The van der Waals surface area contributed by atoms with Gasteiger partial charge in [0.05, 0.1) is 45.2 Å². The Balaban J connectivity index is 1.66. The van der Waals surface area contributed by atoms with Gasteiger partial charge in [0.1, 0.15) is 18.0 Å². The van der Waals surface area contributed by atoms with Crippen molar-refractivity contribution >= 4 is 27.8 Å². The van der Waals surface area contributed by atoms with Crippen molar-refractivity contribution in [3.63, 3.8) is 0 Å². The van der Waals surface area contributed by atoms with Crippen LogP contribution >= 0.6 is 0 Å². The smallest absolute Gasteiger partial charge is 0.265 e. The summed E-state index contributed by atoms with van der Waals surface area (Å²) in [5.41, 5.74) is 7.45. The zero-order valence-electron chi connectivity index (χ0n) is 25.7. The molecule has 232 valence electrons. The summed E-state index contributed by atoms with van der Waals surface area (Å²) in [5, 5.41) is 4.14. The molecule has 1 heterocycles. The zero-order chi connectivity index (χ0) is 32.0. The second-order valence-electron chi connectivity index (χ2n) is 9.86. The Bertz CT molecular complexity index is 1800. The zero-order valence-corrected chi connectivity index (χ0v) is 26.6. The normalized spacial score (nSPS) is 11.3. The molecule has 0 saturated carbocycles. The number of nitrogens with zero attached hydrogens (tertiary/aromatic N) is 3. The molecule has 0 fully saturated rings. The van der Waals surface area contributed by atoms with E-state index in [1.807, 2.05) is 45.0 Å². The van der Waals surface area contributed by atoms with Gasteiger partial charge in [0.15, 0.2) is 11.5 Å². The van der Waals surface area contributed by atoms with E-state index >= 15 is 0 Å². The second kappa shape index (κ2) is 13.6. The first-order chi connectivity index (χ1) is 21.0. The topological polar surface area (TPSA) is 121 Å². The quantitative estimate of drug-likeness (QED) is 0.179. The molecule has 0 saturated heterocycles.